The van der Waals surface area contributed by atoms with Gasteiger partial charge in [-0.3, -0.25) is 4.90 Å². The molecule has 2 atom stereocenters. The van der Waals surface area contributed by atoms with Gasteiger partial charge in [-0.15, -0.1) is 24.2 Å². The van der Waals surface area contributed by atoms with Crippen LogP contribution in [0, 0.1) is 5.82 Å². The largest absolute Gasteiger partial charge is 0.339 e. The lowest BCUT2D eigenvalue weighted by atomic mass is 10.2. The Balaban J connectivity index is 0.00000208. The van der Waals surface area contributed by atoms with Gasteiger partial charge in [0.25, 0.3) is 0 Å². The highest BCUT2D eigenvalue weighted by Crippen LogP contribution is 2.26. The summed E-state index contributed by atoms with van der Waals surface area (Å²) in [7, 11) is 2.08. The number of nitrogens with zero attached hydrogens (tertiary/aromatic N) is 3. The maximum Gasteiger partial charge on any atom is 0.230 e. The lowest BCUT2D eigenvalue weighted by Crippen LogP contribution is -2.44. The molecule has 0 amide bonds. The van der Waals surface area contributed by atoms with Gasteiger partial charge in [0.2, 0.25) is 5.89 Å². The third-order valence-corrected chi connectivity index (χ3v) is 5.27. The number of benzene rings is 1. The number of halogens is 2. The molecule has 0 saturated carbocycles. The third kappa shape index (κ3) is 4.69. The molecule has 1 aliphatic rings. The molecule has 0 aliphatic carbocycles. The molecule has 3 rings (SSSR count). The molecule has 1 aromatic carbocycles. The van der Waals surface area contributed by atoms with Gasteiger partial charge in [0.1, 0.15) is 5.82 Å². The van der Waals surface area contributed by atoms with Gasteiger partial charge in [-0.1, -0.05) is 12.1 Å². The first kappa shape index (κ1) is 19.2. The summed E-state index contributed by atoms with van der Waals surface area (Å²) in [6, 6.07) is 6.69. The highest BCUT2D eigenvalue weighted by atomic mass is 35.5. The normalized spacial score (nSPS) is 19.7. The highest BCUT2D eigenvalue weighted by molar-refractivity contribution is 7.99. The molecule has 2 heterocycles. The van der Waals surface area contributed by atoms with Crippen LogP contribution in [0.15, 0.2) is 33.7 Å². The maximum absolute atomic E-state index is 12.9. The molecule has 0 bridgehead atoms. The molecule has 2 unspecified atom stereocenters. The zero-order chi connectivity index (χ0) is 16.2. The van der Waals surface area contributed by atoms with Gasteiger partial charge in [0.05, 0.1) is 6.04 Å². The summed E-state index contributed by atoms with van der Waals surface area (Å²) in [4.78, 5) is 7.85. The first-order valence-electron chi connectivity index (χ1n) is 7.76. The van der Waals surface area contributed by atoms with E-state index in [1.807, 2.05) is 0 Å². The summed E-state index contributed by atoms with van der Waals surface area (Å²) in [5.74, 6) is 2.15. The second-order valence-corrected chi connectivity index (χ2v) is 6.95. The Kier molecular flexibility index (Phi) is 7.03. The predicted octanol–water partition coefficient (Wildman–Crippen LogP) is 3.10. The SMILES string of the molecule is CC(CSc1ccc(F)cc1)c1nc(C2CNCCN2C)no1.Cl. The van der Waals surface area contributed by atoms with Crippen molar-refractivity contribution in [3.63, 3.8) is 0 Å². The van der Waals surface area contributed by atoms with Crippen molar-refractivity contribution in [3.8, 4) is 0 Å². The Bertz CT molecular complexity index is 639. The van der Waals surface area contributed by atoms with E-state index in [1.54, 1.807) is 23.9 Å². The lowest BCUT2D eigenvalue weighted by Gasteiger charge is -2.30. The number of hydrogen-bond donors (Lipinski definition) is 1. The van der Waals surface area contributed by atoms with Crippen molar-refractivity contribution in [2.24, 2.45) is 0 Å². The van der Waals surface area contributed by atoms with Gasteiger partial charge in [-0.25, -0.2) is 4.39 Å². The topological polar surface area (TPSA) is 54.2 Å². The number of aromatic nitrogens is 2. The van der Waals surface area contributed by atoms with E-state index in [1.165, 1.54) is 12.1 Å². The van der Waals surface area contributed by atoms with Crippen LogP contribution >= 0.6 is 24.2 Å². The number of piperazine rings is 1. The second-order valence-electron chi connectivity index (χ2n) is 5.86. The standard InChI is InChI=1S/C16H21FN4OS.ClH/c1-11(10-23-13-5-3-12(17)4-6-13)16-19-15(20-22-16)14-9-18-7-8-21(14)2;/h3-6,11,14,18H,7-10H2,1-2H3;1H. The lowest BCUT2D eigenvalue weighted by molar-refractivity contribution is 0.190. The average Bonchev–Trinajstić information content (AvgIpc) is 3.04. The molecule has 1 fully saturated rings. The van der Waals surface area contributed by atoms with Crippen molar-refractivity contribution >= 4 is 24.2 Å². The maximum atomic E-state index is 12.9. The van der Waals surface area contributed by atoms with Crippen LogP contribution in [-0.4, -0.2) is 47.5 Å². The summed E-state index contributed by atoms with van der Waals surface area (Å²) in [6.07, 6.45) is 0. The van der Waals surface area contributed by atoms with Gasteiger partial charge in [-0.2, -0.15) is 4.98 Å². The molecule has 1 aromatic heterocycles. The Morgan fingerprint density at radius 3 is 2.88 bits per heavy atom. The fourth-order valence-electron chi connectivity index (χ4n) is 2.50. The summed E-state index contributed by atoms with van der Waals surface area (Å²) >= 11 is 1.66. The van der Waals surface area contributed by atoms with E-state index < -0.39 is 0 Å². The van der Waals surface area contributed by atoms with Crippen LogP contribution in [0.5, 0.6) is 0 Å². The van der Waals surface area contributed by atoms with Crippen LogP contribution in [0.3, 0.4) is 0 Å². The van der Waals surface area contributed by atoms with E-state index in [9.17, 15) is 4.39 Å². The quantitative estimate of drug-likeness (QED) is 0.814. The van der Waals surface area contributed by atoms with E-state index in [-0.39, 0.29) is 30.2 Å². The second kappa shape index (κ2) is 8.80. The Morgan fingerprint density at radius 1 is 1.42 bits per heavy atom. The molecule has 0 radical (unpaired) electrons. The minimum absolute atomic E-state index is 0. The summed E-state index contributed by atoms with van der Waals surface area (Å²) in [6.45, 7) is 4.87. The van der Waals surface area contributed by atoms with E-state index >= 15 is 0 Å². The van der Waals surface area contributed by atoms with Gasteiger partial charge in [0, 0.05) is 36.2 Å². The Hall–Kier alpha value is -1.15. The zero-order valence-corrected chi connectivity index (χ0v) is 15.4. The van der Waals surface area contributed by atoms with Crippen LogP contribution in [-0.2, 0) is 0 Å². The average molecular weight is 373 g/mol. The fourth-order valence-corrected chi connectivity index (χ4v) is 3.41. The minimum atomic E-state index is -0.214. The molecular formula is C16H22ClFN4OS. The summed E-state index contributed by atoms with van der Waals surface area (Å²) in [5, 5.41) is 7.51. The van der Waals surface area contributed by atoms with Gasteiger partial charge in [0.15, 0.2) is 5.82 Å². The van der Waals surface area contributed by atoms with E-state index in [2.05, 4.69) is 34.3 Å². The molecule has 1 N–H and O–H groups in total. The molecule has 5 nitrogen and oxygen atoms in total. The molecule has 132 valence electrons. The van der Waals surface area contributed by atoms with Crippen molar-refractivity contribution < 1.29 is 8.91 Å². The van der Waals surface area contributed by atoms with Crippen LogP contribution in [0.2, 0.25) is 0 Å². The molecule has 1 aliphatic heterocycles. The van der Waals surface area contributed by atoms with E-state index in [4.69, 9.17) is 4.52 Å². The summed E-state index contributed by atoms with van der Waals surface area (Å²) in [5.41, 5.74) is 0. The molecule has 8 heteroatoms. The molecule has 24 heavy (non-hydrogen) atoms. The molecule has 1 saturated heterocycles. The van der Waals surface area contributed by atoms with Crippen molar-refractivity contribution in [3.05, 3.63) is 41.8 Å². The van der Waals surface area contributed by atoms with Crippen LogP contribution < -0.4 is 5.32 Å². The number of rotatable bonds is 5. The van der Waals surface area contributed by atoms with Crippen molar-refractivity contribution in [2.45, 2.75) is 23.8 Å². The number of likely N-dealkylation sites (N-methyl/N-ethyl adjacent to an activating group) is 1. The Morgan fingerprint density at radius 2 is 2.17 bits per heavy atom. The van der Waals surface area contributed by atoms with Crippen LogP contribution in [0.1, 0.15) is 30.6 Å². The summed E-state index contributed by atoms with van der Waals surface area (Å²) < 4.78 is 18.4. The highest BCUT2D eigenvalue weighted by Gasteiger charge is 2.26. The third-order valence-electron chi connectivity index (χ3n) is 4.00. The first-order valence-corrected chi connectivity index (χ1v) is 8.75. The molecule has 2 aromatic rings. The predicted molar refractivity (Wildman–Crippen MR) is 95.3 cm³/mol. The number of hydrogen-bond acceptors (Lipinski definition) is 6. The molecule has 0 spiro atoms. The molecular weight excluding hydrogens is 351 g/mol. The minimum Gasteiger partial charge on any atom is -0.339 e. The smallest absolute Gasteiger partial charge is 0.230 e. The van der Waals surface area contributed by atoms with E-state index in [0.29, 0.717) is 5.89 Å². The van der Waals surface area contributed by atoms with Crippen molar-refractivity contribution in [1.29, 1.82) is 0 Å². The van der Waals surface area contributed by atoms with Gasteiger partial charge < -0.3 is 9.84 Å². The monoisotopic (exact) mass is 372 g/mol. The van der Waals surface area contributed by atoms with Crippen molar-refractivity contribution in [1.82, 2.24) is 20.4 Å². The van der Waals surface area contributed by atoms with Crippen LogP contribution in [0.4, 0.5) is 4.39 Å². The zero-order valence-electron chi connectivity index (χ0n) is 13.7. The number of nitrogens with one attached hydrogen (secondary N) is 1. The van der Waals surface area contributed by atoms with Gasteiger partial charge >= 0.3 is 0 Å². The number of thioether (sulfide) groups is 1. The Labute approximate surface area is 151 Å². The first-order chi connectivity index (χ1) is 11.1. The van der Waals surface area contributed by atoms with E-state index in [0.717, 1.165) is 36.1 Å². The van der Waals surface area contributed by atoms with Crippen LogP contribution in [0.25, 0.3) is 0 Å². The van der Waals surface area contributed by atoms with Gasteiger partial charge in [-0.05, 0) is 31.3 Å². The van der Waals surface area contributed by atoms with Crippen molar-refractivity contribution in [2.75, 3.05) is 32.4 Å². The fraction of sp³-hybridized carbons (Fsp3) is 0.500.